The van der Waals surface area contributed by atoms with E-state index < -0.39 is 28.1 Å². The Bertz CT molecular complexity index is 1730. The van der Waals surface area contributed by atoms with Crippen LogP contribution in [0.25, 0.3) is 10.9 Å². The van der Waals surface area contributed by atoms with E-state index in [-0.39, 0.29) is 29.6 Å². The van der Waals surface area contributed by atoms with Crippen molar-refractivity contribution in [2.75, 3.05) is 43.8 Å². The number of carbonyl (C=O) groups is 2. The van der Waals surface area contributed by atoms with Crippen LogP contribution in [0.1, 0.15) is 68.0 Å². The van der Waals surface area contributed by atoms with Crippen LogP contribution in [0.3, 0.4) is 0 Å². The van der Waals surface area contributed by atoms with Crippen molar-refractivity contribution in [3.63, 3.8) is 0 Å². The van der Waals surface area contributed by atoms with Gasteiger partial charge in [-0.1, -0.05) is 12.1 Å². The molecule has 5 heterocycles. The van der Waals surface area contributed by atoms with Gasteiger partial charge in [0, 0.05) is 38.0 Å². The number of sulfonamides is 1. The molecule has 3 aliphatic heterocycles. The van der Waals surface area contributed by atoms with Gasteiger partial charge in [0.2, 0.25) is 27.8 Å². The maximum atomic E-state index is 13.1. The van der Waals surface area contributed by atoms with Crippen LogP contribution < -0.4 is 15.4 Å². The summed E-state index contributed by atoms with van der Waals surface area (Å²) in [7, 11) is -1.55. The van der Waals surface area contributed by atoms with Gasteiger partial charge >= 0.3 is 6.36 Å². The molecule has 6 rings (SSSR count). The first-order chi connectivity index (χ1) is 22.8. The minimum Gasteiger partial charge on any atom is -0.402 e. The molecule has 3 saturated heterocycles. The van der Waals surface area contributed by atoms with Crippen LogP contribution in [0.15, 0.2) is 30.6 Å². The van der Waals surface area contributed by atoms with E-state index in [1.165, 1.54) is 9.87 Å². The molecule has 3 aliphatic rings. The summed E-state index contributed by atoms with van der Waals surface area (Å²) in [4.78, 5) is 34.1. The molecule has 260 valence electrons. The van der Waals surface area contributed by atoms with Crippen LogP contribution >= 0.6 is 0 Å². The van der Waals surface area contributed by atoms with Gasteiger partial charge < -0.3 is 15.0 Å². The fourth-order valence-corrected chi connectivity index (χ4v) is 8.41. The van der Waals surface area contributed by atoms with E-state index >= 15 is 0 Å². The number of alkyl halides is 3. The highest BCUT2D eigenvalue weighted by Crippen LogP contribution is 2.34. The van der Waals surface area contributed by atoms with Gasteiger partial charge in [0.25, 0.3) is 0 Å². The van der Waals surface area contributed by atoms with E-state index in [2.05, 4.69) is 47.5 Å². The molecule has 0 saturated carbocycles. The highest BCUT2D eigenvalue weighted by Gasteiger charge is 2.33. The Kier molecular flexibility index (Phi) is 9.90. The number of halogens is 3. The van der Waals surface area contributed by atoms with E-state index in [4.69, 9.17) is 0 Å². The Balaban J connectivity index is 0.933. The maximum Gasteiger partial charge on any atom is 0.573 e. The van der Waals surface area contributed by atoms with Gasteiger partial charge in [-0.25, -0.2) is 22.7 Å². The van der Waals surface area contributed by atoms with Gasteiger partial charge in [0.1, 0.15) is 0 Å². The molecular formula is C31H39F3N8O5S. The Morgan fingerprint density at radius 2 is 1.73 bits per heavy atom. The molecule has 0 radical (unpaired) electrons. The van der Waals surface area contributed by atoms with Crippen molar-refractivity contribution in [2.45, 2.75) is 69.2 Å². The van der Waals surface area contributed by atoms with Gasteiger partial charge in [0.05, 0.1) is 35.3 Å². The molecule has 2 aromatic heterocycles. The van der Waals surface area contributed by atoms with Crippen LogP contribution in [0.5, 0.6) is 5.75 Å². The lowest BCUT2D eigenvalue weighted by molar-refractivity contribution is -0.274. The van der Waals surface area contributed by atoms with Gasteiger partial charge in [-0.2, -0.15) is 5.10 Å². The second-order valence-electron chi connectivity index (χ2n) is 12.7. The second kappa shape index (κ2) is 14.0. The summed E-state index contributed by atoms with van der Waals surface area (Å²) in [6.07, 6.45) is 1.32. The molecule has 1 unspecified atom stereocenters. The van der Waals surface area contributed by atoms with Crippen molar-refractivity contribution in [1.82, 2.24) is 34.3 Å². The van der Waals surface area contributed by atoms with Crippen molar-refractivity contribution in [1.29, 1.82) is 0 Å². The van der Waals surface area contributed by atoms with Gasteiger partial charge in [-0.3, -0.25) is 19.6 Å². The lowest BCUT2D eigenvalue weighted by Crippen LogP contribution is -2.44. The number of imide groups is 1. The number of hydrogen-bond acceptors (Lipinski definition) is 10. The predicted octanol–water partition coefficient (Wildman–Crippen LogP) is 3.26. The average molecular weight is 693 g/mol. The third-order valence-electron chi connectivity index (χ3n) is 9.45. The number of nitrogens with zero attached hydrogens (tertiary/aromatic N) is 6. The molecule has 1 atom stereocenters. The van der Waals surface area contributed by atoms with E-state index in [1.807, 2.05) is 13.1 Å². The molecule has 13 nitrogen and oxygen atoms in total. The number of nitrogens with one attached hydrogen (secondary N) is 2. The van der Waals surface area contributed by atoms with E-state index in [0.29, 0.717) is 63.4 Å². The molecule has 0 aliphatic carbocycles. The van der Waals surface area contributed by atoms with E-state index in [9.17, 15) is 31.2 Å². The first kappa shape index (κ1) is 34.0. The summed E-state index contributed by atoms with van der Waals surface area (Å²) in [6, 6.07) is 6.20. The molecule has 1 aromatic carbocycles. The molecule has 3 fully saturated rings. The molecular weight excluding hydrogens is 653 g/mol. The number of amides is 2. The highest BCUT2D eigenvalue weighted by atomic mass is 32.2. The minimum absolute atomic E-state index is 0.0709. The number of aromatic nitrogens is 4. The van der Waals surface area contributed by atoms with Gasteiger partial charge in [-0.15, -0.1) is 13.2 Å². The van der Waals surface area contributed by atoms with Crippen molar-refractivity contribution >= 4 is 38.7 Å². The maximum absolute atomic E-state index is 13.1. The second-order valence-corrected chi connectivity index (χ2v) is 14.8. The number of hydrogen-bond donors (Lipinski definition) is 2. The van der Waals surface area contributed by atoms with Crippen LogP contribution in [0, 0.1) is 0 Å². The summed E-state index contributed by atoms with van der Waals surface area (Å²) in [5.74, 6) is -0.888. The first-order valence-electron chi connectivity index (χ1n) is 16.2. The SMILES string of the molecule is Cn1nc(C2CCC(=O)NC2=O)c2ccc(C3CCN(CCCS(=O)(=O)N4CCC(Nc5ncc(OC(F)(F)F)cn5)CC4)CC3)cc21. The number of aryl methyl sites for hydroxylation is 1. The summed E-state index contributed by atoms with van der Waals surface area (Å²) in [5, 5.41) is 11.1. The lowest BCUT2D eigenvalue weighted by Gasteiger charge is -2.33. The van der Waals surface area contributed by atoms with Crippen molar-refractivity contribution in [2.24, 2.45) is 7.05 Å². The Morgan fingerprint density at radius 1 is 1.02 bits per heavy atom. The number of piperidine rings is 3. The number of carbonyl (C=O) groups excluding carboxylic acids is 2. The first-order valence-corrected chi connectivity index (χ1v) is 17.8. The van der Waals surface area contributed by atoms with Crippen LogP contribution in [-0.2, 0) is 26.7 Å². The van der Waals surface area contributed by atoms with E-state index in [1.54, 1.807) is 4.68 Å². The zero-order valence-corrected chi connectivity index (χ0v) is 27.4. The Hall–Kier alpha value is -3.83. The summed E-state index contributed by atoms with van der Waals surface area (Å²) in [6.45, 7) is 3.13. The van der Waals surface area contributed by atoms with Crippen molar-refractivity contribution < 1.29 is 35.9 Å². The van der Waals surface area contributed by atoms with Crippen LogP contribution in [0.2, 0.25) is 0 Å². The van der Waals surface area contributed by atoms with E-state index in [0.717, 1.165) is 49.2 Å². The highest BCUT2D eigenvalue weighted by molar-refractivity contribution is 7.89. The predicted molar refractivity (Wildman–Crippen MR) is 170 cm³/mol. The molecule has 2 N–H and O–H groups in total. The topological polar surface area (TPSA) is 152 Å². The number of anilines is 1. The lowest BCUT2D eigenvalue weighted by atomic mass is 9.88. The standard InChI is InChI=1S/C31H39F3N8O5S/c1-40-26-17-21(3-4-24(26)28(39-40)25-5-6-27(43)38-29(25)44)20-7-12-41(13-8-20)11-2-16-48(45,46)42-14-9-22(10-15-42)37-30-35-18-23(19-36-30)47-31(32,33)34/h3-4,17-20,22,25H,2,5-16H2,1H3,(H,35,36,37)(H,38,43,44). The molecule has 2 amide bonds. The smallest absolute Gasteiger partial charge is 0.402 e. The quantitative estimate of drug-likeness (QED) is 0.303. The fourth-order valence-electron chi connectivity index (χ4n) is 6.90. The summed E-state index contributed by atoms with van der Waals surface area (Å²) in [5.41, 5.74) is 2.89. The average Bonchev–Trinajstić information content (AvgIpc) is 3.37. The van der Waals surface area contributed by atoms with Crippen molar-refractivity contribution in [3.8, 4) is 5.75 Å². The molecule has 3 aromatic rings. The van der Waals surface area contributed by atoms with Gasteiger partial charge in [0.15, 0.2) is 5.75 Å². The number of likely N-dealkylation sites (tertiary alicyclic amines) is 1. The largest absolute Gasteiger partial charge is 0.573 e. The molecule has 17 heteroatoms. The third kappa shape index (κ3) is 8.06. The summed E-state index contributed by atoms with van der Waals surface area (Å²) < 4.78 is 70.2. The molecule has 48 heavy (non-hydrogen) atoms. The zero-order chi connectivity index (χ0) is 34.1. The monoisotopic (exact) mass is 692 g/mol. The normalized spacial score (nSPS) is 21.0. The zero-order valence-electron chi connectivity index (χ0n) is 26.6. The van der Waals surface area contributed by atoms with Crippen LogP contribution in [0.4, 0.5) is 19.1 Å². The Morgan fingerprint density at radius 3 is 2.40 bits per heavy atom. The number of rotatable bonds is 10. The Labute approximate surface area is 276 Å². The molecule has 0 bridgehead atoms. The van der Waals surface area contributed by atoms with Crippen molar-refractivity contribution in [3.05, 3.63) is 41.9 Å². The minimum atomic E-state index is -4.82. The number of fused-ring (bicyclic) bond motifs is 1. The third-order valence-corrected chi connectivity index (χ3v) is 11.4. The van der Waals surface area contributed by atoms with Crippen LogP contribution in [-0.4, -0.2) is 100 Å². The summed E-state index contributed by atoms with van der Waals surface area (Å²) >= 11 is 0. The number of ether oxygens (including phenoxy) is 1. The molecule has 0 spiro atoms. The fraction of sp³-hybridized carbons (Fsp3) is 0.581. The number of benzene rings is 1. The van der Waals surface area contributed by atoms with Gasteiger partial charge in [-0.05, 0) is 75.7 Å².